The molecule has 5 nitrogen and oxygen atoms in total. The number of hydrogen-bond acceptors (Lipinski definition) is 5. The van der Waals surface area contributed by atoms with E-state index >= 15 is 0 Å². The van der Waals surface area contributed by atoms with E-state index in [9.17, 15) is 4.39 Å². The van der Waals surface area contributed by atoms with Crippen LogP contribution in [0, 0.1) is 5.82 Å². The minimum Gasteiger partial charge on any atom is -0.434 e. The highest BCUT2D eigenvalue weighted by molar-refractivity contribution is 5.68. The molecule has 0 radical (unpaired) electrons. The summed E-state index contributed by atoms with van der Waals surface area (Å²) in [5, 5.41) is 0. The van der Waals surface area contributed by atoms with Gasteiger partial charge < -0.3 is 15.4 Å². The molecule has 106 valence electrons. The van der Waals surface area contributed by atoms with Crippen LogP contribution in [0.4, 0.5) is 15.9 Å². The summed E-state index contributed by atoms with van der Waals surface area (Å²) in [6.45, 7) is 5.53. The molecule has 0 aliphatic heterocycles. The standard InChI is InChI=1S/C14H17FN4O/c1-3-19(4-2)13-12(16)14(18-9-17-13)20-11-8-6-5-7-10(11)15/h5-9H,3-4,16H2,1-2H3. The van der Waals surface area contributed by atoms with Crippen LogP contribution in [0.2, 0.25) is 0 Å². The summed E-state index contributed by atoms with van der Waals surface area (Å²) in [6.07, 6.45) is 1.36. The van der Waals surface area contributed by atoms with Gasteiger partial charge >= 0.3 is 0 Å². The fourth-order valence-corrected chi connectivity index (χ4v) is 1.86. The fraction of sp³-hybridized carbons (Fsp3) is 0.286. The quantitative estimate of drug-likeness (QED) is 0.909. The molecule has 1 aromatic heterocycles. The average Bonchev–Trinajstić information content (AvgIpc) is 2.46. The van der Waals surface area contributed by atoms with Crippen LogP contribution in [0.5, 0.6) is 11.6 Å². The van der Waals surface area contributed by atoms with Crippen molar-refractivity contribution in [2.45, 2.75) is 13.8 Å². The monoisotopic (exact) mass is 276 g/mol. The largest absolute Gasteiger partial charge is 0.434 e. The number of hydrogen-bond donors (Lipinski definition) is 1. The van der Waals surface area contributed by atoms with Gasteiger partial charge in [0.1, 0.15) is 12.0 Å². The van der Waals surface area contributed by atoms with E-state index in [4.69, 9.17) is 10.5 Å². The Labute approximate surface area is 117 Å². The van der Waals surface area contributed by atoms with Crippen LogP contribution in [0.15, 0.2) is 30.6 Å². The average molecular weight is 276 g/mol. The highest BCUT2D eigenvalue weighted by atomic mass is 19.1. The Bertz CT molecular complexity index is 587. The molecule has 6 heteroatoms. The Balaban J connectivity index is 2.34. The molecule has 0 bridgehead atoms. The molecule has 0 fully saturated rings. The van der Waals surface area contributed by atoms with Gasteiger partial charge in [0.25, 0.3) is 0 Å². The van der Waals surface area contributed by atoms with Crippen molar-refractivity contribution in [2.75, 3.05) is 23.7 Å². The molecule has 2 rings (SSSR count). The first kappa shape index (κ1) is 14.0. The van der Waals surface area contributed by atoms with E-state index in [1.54, 1.807) is 12.1 Å². The number of halogens is 1. The Hall–Kier alpha value is -2.37. The molecule has 0 spiro atoms. The van der Waals surface area contributed by atoms with E-state index in [0.717, 1.165) is 13.1 Å². The third kappa shape index (κ3) is 2.79. The lowest BCUT2D eigenvalue weighted by atomic mass is 10.3. The number of ether oxygens (including phenoxy) is 1. The third-order valence-electron chi connectivity index (χ3n) is 2.93. The molecular formula is C14H17FN4O. The van der Waals surface area contributed by atoms with E-state index in [1.807, 2.05) is 18.7 Å². The lowest BCUT2D eigenvalue weighted by Crippen LogP contribution is -2.24. The number of nitrogen functional groups attached to an aromatic ring is 1. The van der Waals surface area contributed by atoms with Crippen molar-refractivity contribution < 1.29 is 9.13 Å². The second-order valence-electron chi connectivity index (χ2n) is 4.12. The van der Waals surface area contributed by atoms with Crippen LogP contribution in [0.3, 0.4) is 0 Å². The predicted octanol–water partition coefficient (Wildman–Crippen LogP) is 2.84. The Morgan fingerprint density at radius 1 is 1.20 bits per heavy atom. The van der Waals surface area contributed by atoms with E-state index in [0.29, 0.717) is 11.5 Å². The summed E-state index contributed by atoms with van der Waals surface area (Å²) in [5.41, 5.74) is 6.32. The maximum atomic E-state index is 13.6. The lowest BCUT2D eigenvalue weighted by Gasteiger charge is -2.21. The van der Waals surface area contributed by atoms with Gasteiger partial charge in [-0.05, 0) is 26.0 Å². The van der Waals surface area contributed by atoms with Crippen molar-refractivity contribution in [1.82, 2.24) is 9.97 Å². The van der Waals surface area contributed by atoms with Crippen molar-refractivity contribution in [3.8, 4) is 11.6 Å². The smallest absolute Gasteiger partial charge is 0.248 e. The molecule has 0 saturated carbocycles. The zero-order chi connectivity index (χ0) is 14.5. The van der Waals surface area contributed by atoms with Crippen LogP contribution in [0.25, 0.3) is 0 Å². The molecule has 0 saturated heterocycles. The SMILES string of the molecule is CCN(CC)c1ncnc(Oc2ccccc2F)c1N. The summed E-state index contributed by atoms with van der Waals surface area (Å²) < 4.78 is 19.0. The highest BCUT2D eigenvalue weighted by Gasteiger charge is 2.15. The van der Waals surface area contributed by atoms with E-state index in [-0.39, 0.29) is 11.6 Å². The van der Waals surface area contributed by atoms with Crippen LogP contribution >= 0.6 is 0 Å². The molecule has 2 N–H and O–H groups in total. The molecule has 0 aliphatic carbocycles. The van der Waals surface area contributed by atoms with Gasteiger partial charge in [-0.15, -0.1) is 0 Å². The van der Waals surface area contributed by atoms with Crippen LogP contribution < -0.4 is 15.4 Å². The topological polar surface area (TPSA) is 64.3 Å². The Kier molecular flexibility index (Phi) is 4.34. The van der Waals surface area contributed by atoms with Crippen LogP contribution in [-0.4, -0.2) is 23.1 Å². The summed E-state index contributed by atoms with van der Waals surface area (Å²) >= 11 is 0. The van der Waals surface area contributed by atoms with Gasteiger partial charge in [-0.1, -0.05) is 12.1 Å². The zero-order valence-corrected chi connectivity index (χ0v) is 11.5. The number of benzene rings is 1. The number of anilines is 2. The number of para-hydroxylation sites is 1. The minimum atomic E-state index is -0.463. The second kappa shape index (κ2) is 6.18. The van der Waals surface area contributed by atoms with Crippen molar-refractivity contribution in [2.24, 2.45) is 0 Å². The predicted molar refractivity (Wildman–Crippen MR) is 76.5 cm³/mol. The maximum absolute atomic E-state index is 13.6. The molecule has 0 unspecified atom stereocenters. The highest BCUT2D eigenvalue weighted by Crippen LogP contribution is 2.32. The fourth-order valence-electron chi connectivity index (χ4n) is 1.86. The van der Waals surface area contributed by atoms with Gasteiger partial charge in [0, 0.05) is 13.1 Å². The van der Waals surface area contributed by atoms with Gasteiger partial charge in [-0.3, -0.25) is 0 Å². The molecular weight excluding hydrogens is 259 g/mol. The first-order valence-electron chi connectivity index (χ1n) is 6.45. The number of nitrogens with two attached hydrogens (primary N) is 1. The van der Waals surface area contributed by atoms with Gasteiger partial charge in [-0.25, -0.2) is 9.37 Å². The summed E-state index contributed by atoms with van der Waals surface area (Å²) in [6, 6.07) is 6.11. The molecule has 20 heavy (non-hydrogen) atoms. The Morgan fingerprint density at radius 2 is 1.90 bits per heavy atom. The number of rotatable bonds is 5. The van der Waals surface area contributed by atoms with Gasteiger partial charge in [-0.2, -0.15) is 4.98 Å². The molecule has 1 aromatic carbocycles. The first-order chi connectivity index (χ1) is 9.67. The van der Waals surface area contributed by atoms with Crippen LogP contribution in [-0.2, 0) is 0 Å². The van der Waals surface area contributed by atoms with Gasteiger partial charge in [0.2, 0.25) is 5.88 Å². The summed E-state index contributed by atoms with van der Waals surface area (Å²) in [4.78, 5) is 10.1. The normalized spacial score (nSPS) is 10.3. The van der Waals surface area contributed by atoms with Gasteiger partial charge in [0.15, 0.2) is 17.4 Å². The van der Waals surface area contributed by atoms with Crippen molar-refractivity contribution in [1.29, 1.82) is 0 Å². The molecule has 1 heterocycles. The summed E-state index contributed by atoms with van der Waals surface area (Å²) in [5.74, 6) is 0.377. The van der Waals surface area contributed by atoms with Crippen molar-refractivity contribution >= 4 is 11.5 Å². The van der Waals surface area contributed by atoms with E-state index in [1.165, 1.54) is 18.5 Å². The Morgan fingerprint density at radius 3 is 2.55 bits per heavy atom. The van der Waals surface area contributed by atoms with E-state index < -0.39 is 5.82 Å². The van der Waals surface area contributed by atoms with Gasteiger partial charge in [0.05, 0.1) is 0 Å². The van der Waals surface area contributed by atoms with E-state index in [2.05, 4.69) is 9.97 Å². The third-order valence-corrected chi connectivity index (χ3v) is 2.93. The second-order valence-corrected chi connectivity index (χ2v) is 4.12. The number of nitrogens with zero attached hydrogens (tertiary/aromatic N) is 3. The zero-order valence-electron chi connectivity index (χ0n) is 11.5. The molecule has 0 aliphatic rings. The summed E-state index contributed by atoms with van der Waals surface area (Å²) in [7, 11) is 0. The van der Waals surface area contributed by atoms with Crippen molar-refractivity contribution in [3.05, 3.63) is 36.4 Å². The molecule has 0 atom stereocenters. The van der Waals surface area contributed by atoms with Crippen LogP contribution in [0.1, 0.15) is 13.8 Å². The molecule has 0 amide bonds. The lowest BCUT2D eigenvalue weighted by molar-refractivity contribution is 0.428. The molecule has 2 aromatic rings. The van der Waals surface area contributed by atoms with Crippen molar-refractivity contribution in [3.63, 3.8) is 0 Å². The minimum absolute atomic E-state index is 0.0865. The number of aromatic nitrogens is 2. The maximum Gasteiger partial charge on any atom is 0.248 e. The first-order valence-corrected chi connectivity index (χ1v) is 6.45.